The van der Waals surface area contributed by atoms with Crippen molar-refractivity contribution in [2.75, 3.05) is 32.6 Å². The van der Waals surface area contributed by atoms with Gasteiger partial charge in [0.25, 0.3) is 0 Å². The first-order valence-electron chi connectivity index (χ1n) is 5.17. The molecule has 0 aromatic heterocycles. The van der Waals surface area contributed by atoms with Gasteiger partial charge in [0.15, 0.2) is 0 Å². The molecule has 1 rings (SSSR count). The van der Waals surface area contributed by atoms with Crippen LogP contribution in [-0.4, -0.2) is 56.4 Å². The summed E-state index contributed by atoms with van der Waals surface area (Å²) in [5, 5.41) is 8.77. The lowest BCUT2D eigenvalue weighted by atomic mass is 10.1. The monoisotopic (exact) mass is 251 g/mol. The van der Waals surface area contributed by atoms with Gasteiger partial charge in [0, 0.05) is 26.8 Å². The minimum Gasteiger partial charge on any atom is -0.481 e. The third-order valence-electron chi connectivity index (χ3n) is 2.64. The molecule has 16 heavy (non-hydrogen) atoms. The maximum atomic E-state index is 11.8. The van der Waals surface area contributed by atoms with Crippen molar-refractivity contribution in [2.45, 2.75) is 12.8 Å². The van der Waals surface area contributed by atoms with E-state index >= 15 is 0 Å². The highest BCUT2D eigenvalue weighted by Crippen LogP contribution is 2.20. The first-order chi connectivity index (χ1) is 7.47. The molecule has 0 bridgehead atoms. The Bertz CT molecular complexity index is 340. The summed E-state index contributed by atoms with van der Waals surface area (Å²) in [4.78, 5) is 10.7. The number of methoxy groups -OCH3 is 1. The molecular formula is C9H17NO5S. The van der Waals surface area contributed by atoms with Crippen molar-refractivity contribution in [1.29, 1.82) is 0 Å². The van der Waals surface area contributed by atoms with Crippen LogP contribution >= 0.6 is 0 Å². The largest absolute Gasteiger partial charge is 0.481 e. The Morgan fingerprint density at radius 1 is 1.56 bits per heavy atom. The zero-order valence-corrected chi connectivity index (χ0v) is 10.1. The number of hydrogen-bond donors (Lipinski definition) is 1. The number of sulfonamides is 1. The number of ether oxygens (including phenoxy) is 1. The van der Waals surface area contributed by atoms with E-state index in [0.717, 1.165) is 0 Å². The van der Waals surface area contributed by atoms with Crippen molar-refractivity contribution >= 4 is 16.0 Å². The molecule has 1 atom stereocenters. The second kappa shape index (κ2) is 5.60. The van der Waals surface area contributed by atoms with Crippen LogP contribution in [0.25, 0.3) is 0 Å². The molecule has 1 aliphatic heterocycles. The van der Waals surface area contributed by atoms with Crippen molar-refractivity contribution in [1.82, 2.24) is 4.31 Å². The SMILES string of the molecule is COCCCS(=O)(=O)N1CCC(C(=O)O)C1. The first-order valence-corrected chi connectivity index (χ1v) is 6.78. The van der Waals surface area contributed by atoms with Gasteiger partial charge < -0.3 is 9.84 Å². The van der Waals surface area contributed by atoms with Gasteiger partial charge in [0.2, 0.25) is 10.0 Å². The second-order valence-electron chi connectivity index (χ2n) is 3.84. The smallest absolute Gasteiger partial charge is 0.307 e. The van der Waals surface area contributed by atoms with Crippen LogP contribution in [0.2, 0.25) is 0 Å². The Morgan fingerprint density at radius 3 is 2.75 bits per heavy atom. The third kappa shape index (κ3) is 3.43. The van der Waals surface area contributed by atoms with Crippen LogP contribution in [0.15, 0.2) is 0 Å². The van der Waals surface area contributed by atoms with Crippen LogP contribution in [0.5, 0.6) is 0 Å². The lowest BCUT2D eigenvalue weighted by molar-refractivity contribution is -0.141. The Kier molecular flexibility index (Phi) is 4.69. The fourth-order valence-electron chi connectivity index (χ4n) is 1.70. The van der Waals surface area contributed by atoms with E-state index in [4.69, 9.17) is 9.84 Å². The van der Waals surface area contributed by atoms with Crippen molar-refractivity contribution in [3.05, 3.63) is 0 Å². The van der Waals surface area contributed by atoms with Crippen molar-refractivity contribution < 1.29 is 23.1 Å². The van der Waals surface area contributed by atoms with Gasteiger partial charge in [-0.25, -0.2) is 12.7 Å². The van der Waals surface area contributed by atoms with Gasteiger partial charge in [-0.3, -0.25) is 4.79 Å². The molecular weight excluding hydrogens is 234 g/mol. The average molecular weight is 251 g/mol. The summed E-state index contributed by atoms with van der Waals surface area (Å²) >= 11 is 0. The van der Waals surface area contributed by atoms with Gasteiger partial charge in [-0.05, 0) is 12.8 Å². The summed E-state index contributed by atoms with van der Waals surface area (Å²) < 4.78 is 29.6. The number of carboxylic acids is 1. The van der Waals surface area contributed by atoms with Gasteiger partial charge in [-0.1, -0.05) is 0 Å². The predicted molar refractivity (Wildman–Crippen MR) is 57.6 cm³/mol. The fourth-order valence-corrected chi connectivity index (χ4v) is 3.23. The minimum atomic E-state index is -3.31. The average Bonchev–Trinajstić information content (AvgIpc) is 2.67. The molecule has 0 saturated carbocycles. The van der Waals surface area contributed by atoms with Gasteiger partial charge in [-0.2, -0.15) is 0 Å². The van der Waals surface area contributed by atoms with Gasteiger partial charge in [0.1, 0.15) is 0 Å². The maximum absolute atomic E-state index is 11.8. The highest BCUT2D eigenvalue weighted by Gasteiger charge is 2.34. The summed E-state index contributed by atoms with van der Waals surface area (Å²) in [6.07, 6.45) is 0.839. The molecule has 0 radical (unpaired) electrons. The molecule has 1 saturated heterocycles. The normalized spacial score (nSPS) is 22.4. The van der Waals surface area contributed by atoms with E-state index in [2.05, 4.69) is 0 Å². The number of hydrogen-bond acceptors (Lipinski definition) is 4. The molecule has 0 aliphatic carbocycles. The van der Waals surface area contributed by atoms with Crippen LogP contribution in [0.4, 0.5) is 0 Å². The number of carbonyl (C=O) groups is 1. The highest BCUT2D eigenvalue weighted by molar-refractivity contribution is 7.89. The fraction of sp³-hybridized carbons (Fsp3) is 0.889. The van der Waals surface area contributed by atoms with E-state index in [1.54, 1.807) is 0 Å². The third-order valence-corrected chi connectivity index (χ3v) is 4.57. The topological polar surface area (TPSA) is 83.9 Å². The van der Waals surface area contributed by atoms with E-state index < -0.39 is 21.9 Å². The van der Waals surface area contributed by atoms with E-state index in [-0.39, 0.29) is 12.3 Å². The number of aliphatic carboxylic acids is 1. The summed E-state index contributed by atoms with van der Waals surface area (Å²) in [5.74, 6) is -1.46. The van der Waals surface area contributed by atoms with E-state index in [1.165, 1.54) is 11.4 Å². The molecule has 0 aromatic rings. The quantitative estimate of drug-likeness (QED) is 0.659. The zero-order valence-electron chi connectivity index (χ0n) is 9.26. The van der Waals surface area contributed by atoms with Crippen LogP contribution in [0, 0.1) is 5.92 Å². The summed E-state index contributed by atoms with van der Waals surface area (Å²) in [7, 11) is -1.79. The number of carboxylic acid groups (broad SMARTS) is 1. The molecule has 0 aromatic carbocycles. The second-order valence-corrected chi connectivity index (χ2v) is 5.93. The molecule has 1 heterocycles. The molecule has 1 N–H and O–H groups in total. The van der Waals surface area contributed by atoms with Crippen LogP contribution in [0.1, 0.15) is 12.8 Å². The Labute approximate surface area is 95.2 Å². The standard InChI is InChI=1S/C9H17NO5S/c1-15-5-2-6-16(13,14)10-4-3-8(7-10)9(11)12/h8H,2-7H2,1H3,(H,11,12). The van der Waals surface area contributed by atoms with Crippen molar-refractivity contribution in [3.63, 3.8) is 0 Å². The molecule has 7 heteroatoms. The van der Waals surface area contributed by atoms with Crippen LogP contribution in [0.3, 0.4) is 0 Å². The minimum absolute atomic E-state index is 0.0210. The predicted octanol–water partition coefficient (Wildman–Crippen LogP) is -0.241. The van der Waals surface area contributed by atoms with E-state index in [9.17, 15) is 13.2 Å². The number of nitrogens with zero attached hydrogens (tertiary/aromatic N) is 1. The molecule has 0 spiro atoms. The summed E-state index contributed by atoms with van der Waals surface area (Å²) in [6, 6.07) is 0. The highest BCUT2D eigenvalue weighted by atomic mass is 32.2. The molecule has 1 aliphatic rings. The van der Waals surface area contributed by atoms with Crippen LogP contribution in [-0.2, 0) is 19.6 Å². The van der Waals surface area contributed by atoms with Gasteiger partial charge >= 0.3 is 5.97 Å². The maximum Gasteiger partial charge on any atom is 0.307 e. The molecule has 1 fully saturated rings. The van der Waals surface area contributed by atoms with E-state index in [1.807, 2.05) is 0 Å². The van der Waals surface area contributed by atoms with Gasteiger partial charge in [-0.15, -0.1) is 0 Å². The summed E-state index contributed by atoms with van der Waals surface area (Å²) in [5.41, 5.74) is 0. The lowest BCUT2D eigenvalue weighted by Gasteiger charge is -2.15. The number of rotatable bonds is 6. The first kappa shape index (κ1) is 13.4. The Balaban J connectivity index is 2.48. The lowest BCUT2D eigenvalue weighted by Crippen LogP contribution is -2.32. The Morgan fingerprint density at radius 2 is 2.25 bits per heavy atom. The molecule has 1 unspecified atom stereocenters. The van der Waals surface area contributed by atoms with Crippen LogP contribution < -0.4 is 0 Å². The molecule has 94 valence electrons. The molecule has 0 amide bonds. The zero-order chi connectivity index (χ0) is 12.2. The van der Waals surface area contributed by atoms with Crippen molar-refractivity contribution in [2.24, 2.45) is 5.92 Å². The molecule has 6 nitrogen and oxygen atoms in total. The Hall–Kier alpha value is -0.660. The summed E-state index contributed by atoms with van der Waals surface area (Å²) in [6.45, 7) is 0.812. The van der Waals surface area contributed by atoms with E-state index in [0.29, 0.717) is 26.0 Å². The van der Waals surface area contributed by atoms with Crippen molar-refractivity contribution in [3.8, 4) is 0 Å². The van der Waals surface area contributed by atoms with Gasteiger partial charge in [0.05, 0.1) is 11.7 Å².